The smallest absolute Gasteiger partial charge is 0.318 e. The van der Waals surface area contributed by atoms with Gasteiger partial charge in [0.1, 0.15) is 6.54 Å². The molecule has 0 aromatic rings. The van der Waals surface area contributed by atoms with Crippen molar-refractivity contribution in [2.24, 2.45) is 5.92 Å². The third kappa shape index (κ3) is 4.67. The zero-order valence-electron chi connectivity index (χ0n) is 10.3. The molecule has 0 unspecified atom stereocenters. The average Bonchev–Trinajstić information content (AvgIpc) is 2.28. The molecule has 1 rings (SSSR count). The molecule has 0 atom stereocenters. The SMILES string of the molecule is C#CCN(CC(=O)O)S(=O)(=O)CC1CCCCC1. The Morgan fingerprint density at radius 2 is 1.94 bits per heavy atom. The Morgan fingerprint density at radius 3 is 2.44 bits per heavy atom. The molecule has 1 aliphatic rings. The Labute approximate surface area is 108 Å². The minimum Gasteiger partial charge on any atom is -0.480 e. The van der Waals surface area contributed by atoms with E-state index in [-0.39, 0.29) is 18.2 Å². The minimum atomic E-state index is -3.57. The highest BCUT2D eigenvalue weighted by atomic mass is 32.2. The number of carboxylic acids is 1. The molecule has 5 nitrogen and oxygen atoms in total. The lowest BCUT2D eigenvalue weighted by atomic mass is 9.91. The van der Waals surface area contributed by atoms with Crippen molar-refractivity contribution in [2.75, 3.05) is 18.8 Å². The van der Waals surface area contributed by atoms with Crippen LogP contribution >= 0.6 is 0 Å². The van der Waals surface area contributed by atoms with Crippen molar-refractivity contribution in [3.05, 3.63) is 0 Å². The largest absolute Gasteiger partial charge is 0.480 e. The summed E-state index contributed by atoms with van der Waals surface area (Å²) < 4.78 is 25.1. The molecule has 0 saturated heterocycles. The van der Waals surface area contributed by atoms with E-state index in [0.29, 0.717) is 0 Å². The number of hydrogen-bond donors (Lipinski definition) is 1. The molecule has 0 spiro atoms. The number of rotatable bonds is 6. The molecule has 0 heterocycles. The first-order valence-corrected chi connectivity index (χ1v) is 7.69. The van der Waals surface area contributed by atoms with Crippen LogP contribution in [0.5, 0.6) is 0 Å². The third-order valence-corrected chi connectivity index (χ3v) is 5.08. The maximum atomic E-state index is 12.1. The summed E-state index contributed by atoms with van der Waals surface area (Å²) in [6, 6.07) is 0. The van der Waals surface area contributed by atoms with Crippen LogP contribution in [-0.4, -0.2) is 42.6 Å². The van der Waals surface area contributed by atoms with Crippen LogP contribution in [0.1, 0.15) is 32.1 Å². The Morgan fingerprint density at radius 1 is 1.33 bits per heavy atom. The van der Waals surface area contributed by atoms with E-state index in [9.17, 15) is 13.2 Å². The van der Waals surface area contributed by atoms with Crippen molar-refractivity contribution < 1.29 is 18.3 Å². The zero-order valence-corrected chi connectivity index (χ0v) is 11.2. The van der Waals surface area contributed by atoms with Gasteiger partial charge in [-0.3, -0.25) is 4.79 Å². The van der Waals surface area contributed by atoms with Crippen LogP contribution in [0, 0.1) is 18.3 Å². The van der Waals surface area contributed by atoms with Gasteiger partial charge in [0.25, 0.3) is 0 Å². The lowest BCUT2D eigenvalue weighted by Gasteiger charge is -2.25. The highest BCUT2D eigenvalue weighted by Gasteiger charge is 2.28. The van der Waals surface area contributed by atoms with Crippen LogP contribution in [0.25, 0.3) is 0 Å². The Kier molecular flexibility index (Phi) is 5.63. The van der Waals surface area contributed by atoms with Crippen LogP contribution in [0.4, 0.5) is 0 Å². The standard InChI is InChI=1S/C12H19NO4S/c1-2-8-13(9-12(14)15)18(16,17)10-11-6-4-3-5-7-11/h1,11H,3-10H2,(H,14,15). The number of aliphatic carboxylic acids is 1. The number of carbonyl (C=O) groups is 1. The van der Waals surface area contributed by atoms with Gasteiger partial charge in [-0.2, -0.15) is 4.31 Å². The van der Waals surface area contributed by atoms with E-state index in [0.717, 1.165) is 36.4 Å². The summed E-state index contributed by atoms with van der Waals surface area (Å²) in [7, 11) is -3.57. The quantitative estimate of drug-likeness (QED) is 0.730. The summed E-state index contributed by atoms with van der Waals surface area (Å²) in [6.45, 7) is -0.736. The predicted octanol–water partition coefficient (Wildman–Crippen LogP) is 0.916. The molecule has 102 valence electrons. The first-order chi connectivity index (χ1) is 8.45. The average molecular weight is 273 g/mol. The monoisotopic (exact) mass is 273 g/mol. The minimum absolute atomic E-state index is 0.0158. The molecule has 0 aromatic heterocycles. The molecule has 1 saturated carbocycles. The van der Waals surface area contributed by atoms with Crippen LogP contribution in [-0.2, 0) is 14.8 Å². The van der Waals surface area contributed by atoms with E-state index in [1.807, 2.05) is 0 Å². The summed E-state index contributed by atoms with van der Waals surface area (Å²) in [5.41, 5.74) is 0. The van der Waals surface area contributed by atoms with E-state index in [1.165, 1.54) is 0 Å². The zero-order chi connectivity index (χ0) is 13.6. The van der Waals surface area contributed by atoms with Crippen molar-refractivity contribution in [1.29, 1.82) is 0 Å². The van der Waals surface area contributed by atoms with Crippen molar-refractivity contribution in [1.82, 2.24) is 4.31 Å². The number of carboxylic acid groups (broad SMARTS) is 1. The van der Waals surface area contributed by atoms with Gasteiger partial charge in [0.05, 0.1) is 12.3 Å². The van der Waals surface area contributed by atoms with Crippen molar-refractivity contribution in [2.45, 2.75) is 32.1 Å². The van der Waals surface area contributed by atoms with E-state index >= 15 is 0 Å². The van der Waals surface area contributed by atoms with Gasteiger partial charge >= 0.3 is 5.97 Å². The van der Waals surface area contributed by atoms with E-state index in [2.05, 4.69) is 5.92 Å². The van der Waals surface area contributed by atoms with Crippen molar-refractivity contribution in [3.63, 3.8) is 0 Å². The lowest BCUT2D eigenvalue weighted by Crippen LogP contribution is -2.39. The summed E-state index contributed by atoms with van der Waals surface area (Å²) in [5.74, 6) is 1.17. The highest BCUT2D eigenvalue weighted by Crippen LogP contribution is 2.25. The van der Waals surface area contributed by atoms with Gasteiger partial charge in [0, 0.05) is 0 Å². The summed E-state index contributed by atoms with van der Waals surface area (Å²) >= 11 is 0. The van der Waals surface area contributed by atoms with Gasteiger partial charge in [-0.25, -0.2) is 8.42 Å². The fraction of sp³-hybridized carbons (Fsp3) is 0.750. The predicted molar refractivity (Wildman–Crippen MR) is 68.4 cm³/mol. The van der Waals surface area contributed by atoms with Gasteiger partial charge in [-0.1, -0.05) is 25.2 Å². The topological polar surface area (TPSA) is 74.7 Å². The first-order valence-electron chi connectivity index (χ1n) is 6.09. The Hall–Kier alpha value is -1.06. The molecule has 0 bridgehead atoms. The molecule has 0 aliphatic heterocycles. The second-order valence-corrected chi connectivity index (χ2v) is 6.66. The fourth-order valence-electron chi connectivity index (χ4n) is 2.26. The van der Waals surface area contributed by atoms with Crippen molar-refractivity contribution >= 4 is 16.0 Å². The van der Waals surface area contributed by atoms with Gasteiger partial charge in [0.15, 0.2) is 0 Å². The van der Waals surface area contributed by atoms with Gasteiger partial charge in [0.2, 0.25) is 10.0 Å². The summed E-state index contributed by atoms with van der Waals surface area (Å²) in [6.07, 6.45) is 10.1. The second kappa shape index (κ2) is 6.76. The Bertz CT molecular complexity index is 418. The maximum absolute atomic E-state index is 12.1. The number of terminal acetylenes is 1. The summed E-state index contributed by atoms with van der Waals surface area (Å²) in [5, 5.41) is 8.71. The summed E-state index contributed by atoms with van der Waals surface area (Å²) in [4.78, 5) is 10.6. The van der Waals surface area contributed by atoms with Crippen LogP contribution in [0.15, 0.2) is 0 Å². The number of nitrogens with zero attached hydrogens (tertiary/aromatic N) is 1. The first kappa shape index (κ1) is 15.0. The van der Waals surface area contributed by atoms with Crippen LogP contribution in [0.2, 0.25) is 0 Å². The maximum Gasteiger partial charge on any atom is 0.318 e. The highest BCUT2D eigenvalue weighted by molar-refractivity contribution is 7.89. The van der Waals surface area contributed by atoms with Gasteiger partial charge in [-0.05, 0) is 18.8 Å². The molecule has 1 N–H and O–H groups in total. The lowest BCUT2D eigenvalue weighted by molar-refractivity contribution is -0.137. The molecule has 0 aromatic carbocycles. The van der Waals surface area contributed by atoms with Crippen LogP contribution < -0.4 is 0 Å². The number of sulfonamides is 1. The Balaban J connectivity index is 2.68. The molecular weight excluding hydrogens is 254 g/mol. The normalized spacial score (nSPS) is 17.6. The molecule has 0 radical (unpaired) electrons. The van der Waals surface area contributed by atoms with Crippen LogP contribution in [0.3, 0.4) is 0 Å². The fourth-order valence-corrected chi connectivity index (χ4v) is 3.98. The van der Waals surface area contributed by atoms with Gasteiger partial charge < -0.3 is 5.11 Å². The number of hydrogen-bond acceptors (Lipinski definition) is 3. The van der Waals surface area contributed by atoms with E-state index in [4.69, 9.17) is 11.5 Å². The van der Waals surface area contributed by atoms with Crippen molar-refractivity contribution in [3.8, 4) is 12.3 Å². The molecule has 6 heteroatoms. The molecule has 0 amide bonds. The molecular formula is C12H19NO4S. The molecule has 1 aliphatic carbocycles. The third-order valence-electron chi connectivity index (χ3n) is 3.14. The molecule has 18 heavy (non-hydrogen) atoms. The van der Waals surface area contributed by atoms with E-state index in [1.54, 1.807) is 0 Å². The molecule has 1 fully saturated rings. The second-order valence-electron chi connectivity index (χ2n) is 4.65. The van der Waals surface area contributed by atoms with Gasteiger partial charge in [-0.15, -0.1) is 6.42 Å². The van der Waals surface area contributed by atoms with E-state index < -0.39 is 22.5 Å².